The Morgan fingerprint density at radius 3 is 2.56 bits per heavy atom. The molecule has 2 amide bonds. The number of oxazole rings is 1. The van der Waals surface area contributed by atoms with Crippen molar-refractivity contribution in [2.75, 3.05) is 6.54 Å². The number of hydrogen-bond donors (Lipinski definition) is 0. The number of carbonyl (C=O) groups is 2. The van der Waals surface area contributed by atoms with Gasteiger partial charge in [-0.2, -0.15) is 0 Å². The highest BCUT2D eigenvalue weighted by molar-refractivity contribution is 6.00. The molecular formula is C26H28N2O6. The lowest BCUT2D eigenvalue weighted by molar-refractivity contribution is -0.129. The van der Waals surface area contributed by atoms with Crippen molar-refractivity contribution in [2.45, 2.75) is 52.9 Å². The van der Waals surface area contributed by atoms with Gasteiger partial charge in [-0.25, -0.2) is 14.7 Å². The third kappa shape index (κ3) is 4.90. The average Bonchev–Trinajstić information content (AvgIpc) is 3.33. The fourth-order valence-corrected chi connectivity index (χ4v) is 3.65. The molecule has 178 valence electrons. The fourth-order valence-electron chi connectivity index (χ4n) is 3.65. The summed E-state index contributed by atoms with van der Waals surface area (Å²) < 4.78 is 23.1. The molecule has 2 aromatic carbocycles. The zero-order valence-corrected chi connectivity index (χ0v) is 19.7. The van der Waals surface area contributed by atoms with Gasteiger partial charge in [0.25, 0.3) is 5.91 Å². The van der Waals surface area contributed by atoms with E-state index in [0.717, 1.165) is 10.5 Å². The van der Waals surface area contributed by atoms with Gasteiger partial charge >= 0.3 is 6.09 Å². The molecule has 3 aromatic rings. The molecule has 1 saturated heterocycles. The maximum absolute atomic E-state index is 12.7. The second-order valence-corrected chi connectivity index (χ2v) is 8.30. The summed E-state index contributed by atoms with van der Waals surface area (Å²) in [5.74, 6) is 1.77. The first-order chi connectivity index (χ1) is 16.4. The average molecular weight is 465 g/mol. The summed E-state index contributed by atoms with van der Waals surface area (Å²) in [5, 5.41) is 0. The van der Waals surface area contributed by atoms with Gasteiger partial charge in [-0.15, -0.1) is 0 Å². The van der Waals surface area contributed by atoms with Crippen molar-refractivity contribution in [1.82, 2.24) is 9.88 Å². The minimum atomic E-state index is -0.992. The second kappa shape index (κ2) is 9.99. The Bertz CT molecular complexity index is 1170. The van der Waals surface area contributed by atoms with E-state index in [1.807, 2.05) is 58.0 Å². The van der Waals surface area contributed by atoms with Crippen LogP contribution in [-0.4, -0.2) is 34.5 Å². The highest BCUT2D eigenvalue weighted by Crippen LogP contribution is 2.36. The summed E-state index contributed by atoms with van der Waals surface area (Å²) in [4.78, 5) is 30.5. The van der Waals surface area contributed by atoms with Crippen molar-refractivity contribution in [3.63, 3.8) is 0 Å². The number of imide groups is 1. The molecule has 1 aromatic heterocycles. The maximum atomic E-state index is 12.7. The molecule has 0 spiro atoms. The summed E-state index contributed by atoms with van der Waals surface area (Å²) >= 11 is 0. The first-order valence-corrected chi connectivity index (χ1v) is 11.3. The van der Waals surface area contributed by atoms with Crippen LogP contribution in [0.4, 0.5) is 4.79 Å². The monoisotopic (exact) mass is 464 g/mol. The number of aryl methyl sites for hydroxylation is 1. The van der Waals surface area contributed by atoms with E-state index in [4.69, 9.17) is 18.6 Å². The van der Waals surface area contributed by atoms with Crippen LogP contribution >= 0.6 is 0 Å². The number of ether oxygens (including phenoxy) is 3. The van der Waals surface area contributed by atoms with E-state index in [2.05, 4.69) is 4.98 Å². The summed E-state index contributed by atoms with van der Waals surface area (Å²) in [6, 6.07) is 14.8. The lowest BCUT2D eigenvalue weighted by Crippen LogP contribution is -2.30. The van der Waals surface area contributed by atoms with Crippen LogP contribution in [-0.2, 0) is 16.1 Å². The van der Waals surface area contributed by atoms with Crippen molar-refractivity contribution in [2.24, 2.45) is 0 Å². The normalized spacial score (nSPS) is 15.7. The predicted octanol–water partition coefficient (Wildman–Crippen LogP) is 5.45. The lowest BCUT2D eigenvalue weighted by atomic mass is 10.1. The number of hydrogen-bond acceptors (Lipinski definition) is 7. The maximum Gasteiger partial charge on any atom is 0.417 e. The summed E-state index contributed by atoms with van der Waals surface area (Å²) in [7, 11) is 0. The molecule has 0 N–H and O–H groups in total. The molecule has 4 rings (SSSR count). The van der Waals surface area contributed by atoms with Gasteiger partial charge in [0.2, 0.25) is 12.0 Å². The number of nitrogens with zero attached hydrogens (tertiary/aromatic N) is 2. The van der Waals surface area contributed by atoms with Gasteiger partial charge in [-0.1, -0.05) is 31.2 Å². The van der Waals surface area contributed by atoms with E-state index < -0.39 is 12.2 Å². The molecule has 1 aliphatic heterocycles. The third-order valence-electron chi connectivity index (χ3n) is 5.29. The number of cyclic esters (lactones) is 1. The molecule has 1 atom stereocenters. The Kier molecular flexibility index (Phi) is 6.86. The fraction of sp³-hybridized carbons (Fsp3) is 0.346. The van der Waals surface area contributed by atoms with Crippen LogP contribution in [0, 0.1) is 6.92 Å². The van der Waals surface area contributed by atoms with Gasteiger partial charge in [0.1, 0.15) is 18.1 Å². The largest absolute Gasteiger partial charge is 0.487 e. The highest BCUT2D eigenvalue weighted by Gasteiger charge is 2.41. The number of carbonyl (C=O) groups excluding carboxylic acids is 2. The van der Waals surface area contributed by atoms with Gasteiger partial charge in [-0.05, 0) is 51.5 Å². The molecular weight excluding hydrogens is 436 g/mol. The van der Waals surface area contributed by atoms with Gasteiger partial charge in [0, 0.05) is 17.7 Å². The van der Waals surface area contributed by atoms with Gasteiger partial charge < -0.3 is 18.6 Å². The van der Waals surface area contributed by atoms with Crippen molar-refractivity contribution in [1.29, 1.82) is 0 Å². The number of amides is 2. The van der Waals surface area contributed by atoms with E-state index in [9.17, 15) is 9.59 Å². The van der Waals surface area contributed by atoms with Gasteiger partial charge in [0.15, 0.2) is 11.5 Å². The van der Waals surface area contributed by atoms with Crippen LogP contribution in [0.25, 0.3) is 11.5 Å². The lowest BCUT2D eigenvalue weighted by Gasteiger charge is -2.17. The molecule has 2 heterocycles. The zero-order valence-electron chi connectivity index (χ0n) is 19.7. The van der Waals surface area contributed by atoms with Crippen molar-refractivity contribution in [3.8, 4) is 23.0 Å². The number of benzene rings is 2. The van der Waals surface area contributed by atoms with Crippen LogP contribution < -0.4 is 9.47 Å². The van der Waals surface area contributed by atoms with Crippen LogP contribution in [0.15, 0.2) is 52.9 Å². The molecule has 1 fully saturated rings. The molecule has 0 aliphatic carbocycles. The molecule has 0 radical (unpaired) electrons. The molecule has 1 aliphatic rings. The quantitative estimate of drug-likeness (QED) is 0.416. The molecule has 0 saturated carbocycles. The van der Waals surface area contributed by atoms with Crippen molar-refractivity contribution < 1.29 is 28.2 Å². The second-order valence-electron chi connectivity index (χ2n) is 8.30. The van der Waals surface area contributed by atoms with E-state index in [1.54, 1.807) is 18.2 Å². The van der Waals surface area contributed by atoms with Crippen molar-refractivity contribution >= 4 is 12.0 Å². The van der Waals surface area contributed by atoms with Crippen LogP contribution in [0.5, 0.6) is 11.5 Å². The molecule has 34 heavy (non-hydrogen) atoms. The predicted molar refractivity (Wildman–Crippen MR) is 124 cm³/mol. The summed E-state index contributed by atoms with van der Waals surface area (Å²) in [6.07, 6.45) is -1.09. The molecule has 0 bridgehead atoms. The van der Waals surface area contributed by atoms with E-state index in [0.29, 0.717) is 47.4 Å². The van der Waals surface area contributed by atoms with E-state index in [1.165, 1.54) is 0 Å². The topological polar surface area (TPSA) is 91.1 Å². The van der Waals surface area contributed by atoms with Crippen LogP contribution in [0.1, 0.15) is 50.3 Å². The van der Waals surface area contributed by atoms with Gasteiger partial charge in [0.05, 0.1) is 6.10 Å². The smallest absolute Gasteiger partial charge is 0.417 e. The minimum absolute atomic E-state index is 0.130. The standard InChI is InChI=1S/C26H28N2O6/c1-5-13-28-25(29)23(34-26(28)30)19-11-12-21(22(14-19)32-16(2)3)31-15-20-17(4)33-24(27-20)18-9-7-6-8-10-18/h6-12,14,16,23H,5,13,15H2,1-4H3. The zero-order chi connectivity index (χ0) is 24.2. The van der Waals surface area contributed by atoms with Crippen molar-refractivity contribution in [3.05, 3.63) is 65.5 Å². The van der Waals surface area contributed by atoms with E-state index >= 15 is 0 Å². The Morgan fingerprint density at radius 2 is 1.85 bits per heavy atom. The van der Waals surface area contributed by atoms with E-state index in [-0.39, 0.29) is 18.6 Å². The van der Waals surface area contributed by atoms with Crippen LogP contribution in [0.3, 0.4) is 0 Å². The highest BCUT2D eigenvalue weighted by atomic mass is 16.6. The SMILES string of the molecule is CCCN1C(=O)OC(c2ccc(OCc3nc(-c4ccccc4)oc3C)c(OC(C)C)c2)C1=O. The Hall–Kier alpha value is -3.81. The molecule has 1 unspecified atom stereocenters. The molecule has 8 heteroatoms. The molecule has 8 nitrogen and oxygen atoms in total. The third-order valence-corrected chi connectivity index (χ3v) is 5.29. The van der Waals surface area contributed by atoms with Gasteiger partial charge in [-0.3, -0.25) is 4.79 Å². The Morgan fingerprint density at radius 1 is 1.09 bits per heavy atom. The number of aromatic nitrogens is 1. The number of rotatable bonds is 9. The van der Waals surface area contributed by atoms with Crippen LogP contribution in [0.2, 0.25) is 0 Å². The Balaban J connectivity index is 1.54. The minimum Gasteiger partial charge on any atom is -0.487 e. The summed E-state index contributed by atoms with van der Waals surface area (Å²) in [5.41, 5.74) is 2.09. The first kappa shape index (κ1) is 23.4. The Labute approximate surface area is 198 Å². The summed E-state index contributed by atoms with van der Waals surface area (Å²) in [6.45, 7) is 8.04. The first-order valence-electron chi connectivity index (χ1n) is 11.3.